The molecular formula is C9H14NO. The minimum atomic E-state index is 0.0160. The largest absolute Gasteiger partial charge is 0.317 e. The first kappa shape index (κ1) is 7.29. The van der Waals surface area contributed by atoms with Crippen molar-refractivity contribution in [1.29, 1.82) is 0 Å². The van der Waals surface area contributed by atoms with E-state index in [-0.39, 0.29) is 5.41 Å². The number of hydrogen-bond acceptors (Lipinski definition) is 2. The molecule has 1 N–H and O–H groups in total. The molecule has 1 heterocycles. The van der Waals surface area contributed by atoms with Gasteiger partial charge in [0, 0.05) is 5.41 Å². The van der Waals surface area contributed by atoms with E-state index in [9.17, 15) is 4.79 Å². The number of hydrogen-bond donors (Lipinski definition) is 1. The molecule has 11 heavy (non-hydrogen) atoms. The van der Waals surface area contributed by atoms with Gasteiger partial charge in [0.05, 0.1) is 0 Å². The monoisotopic (exact) mass is 152 g/mol. The van der Waals surface area contributed by atoms with Crippen LogP contribution in [0.2, 0.25) is 0 Å². The molecule has 2 rings (SSSR count). The summed E-state index contributed by atoms with van der Waals surface area (Å²) in [4.78, 5) is 10.6. The molecule has 0 atom stereocenters. The van der Waals surface area contributed by atoms with Gasteiger partial charge in [0.25, 0.3) is 0 Å². The van der Waals surface area contributed by atoms with Crippen molar-refractivity contribution in [3.63, 3.8) is 0 Å². The third-order valence-electron chi connectivity index (χ3n) is 3.11. The third-order valence-corrected chi connectivity index (χ3v) is 3.11. The van der Waals surface area contributed by atoms with Gasteiger partial charge < -0.3 is 5.32 Å². The van der Waals surface area contributed by atoms with Crippen molar-refractivity contribution in [3.05, 3.63) is 0 Å². The van der Waals surface area contributed by atoms with E-state index in [4.69, 9.17) is 0 Å². The van der Waals surface area contributed by atoms with Gasteiger partial charge in [0.2, 0.25) is 6.29 Å². The van der Waals surface area contributed by atoms with Crippen LogP contribution in [0.1, 0.15) is 25.7 Å². The first-order chi connectivity index (χ1) is 5.37. The highest BCUT2D eigenvalue weighted by Crippen LogP contribution is 2.52. The first-order valence-electron chi connectivity index (χ1n) is 4.47. The van der Waals surface area contributed by atoms with Gasteiger partial charge in [-0.15, -0.1) is 0 Å². The fourth-order valence-electron chi connectivity index (χ4n) is 2.10. The lowest BCUT2D eigenvalue weighted by molar-refractivity contribution is 0.290. The Morgan fingerprint density at radius 2 is 1.91 bits per heavy atom. The maximum Gasteiger partial charge on any atom is 0.205 e. The van der Waals surface area contributed by atoms with Crippen LogP contribution < -0.4 is 5.32 Å². The normalized spacial score (nSPS) is 29.8. The summed E-state index contributed by atoms with van der Waals surface area (Å²) in [7, 11) is 0. The van der Waals surface area contributed by atoms with Gasteiger partial charge >= 0.3 is 0 Å². The smallest absolute Gasteiger partial charge is 0.205 e. The van der Waals surface area contributed by atoms with E-state index < -0.39 is 0 Å². The van der Waals surface area contributed by atoms with Crippen LogP contribution in [0.15, 0.2) is 0 Å². The quantitative estimate of drug-likeness (QED) is 0.636. The van der Waals surface area contributed by atoms with Crippen LogP contribution in [0, 0.1) is 11.3 Å². The van der Waals surface area contributed by atoms with Crippen LogP contribution in [0.4, 0.5) is 0 Å². The van der Waals surface area contributed by atoms with Gasteiger partial charge in [-0.25, -0.2) is 0 Å². The highest BCUT2D eigenvalue weighted by molar-refractivity contribution is 5.64. The van der Waals surface area contributed by atoms with E-state index in [2.05, 4.69) is 11.6 Å². The zero-order chi connectivity index (χ0) is 7.73. The number of piperidine rings is 1. The molecular weight excluding hydrogens is 138 g/mol. The first-order valence-corrected chi connectivity index (χ1v) is 4.47. The predicted molar refractivity (Wildman–Crippen MR) is 43.0 cm³/mol. The molecule has 2 fully saturated rings. The molecule has 1 radical (unpaired) electrons. The fourth-order valence-corrected chi connectivity index (χ4v) is 2.10. The minimum absolute atomic E-state index is 0.0160. The predicted octanol–water partition coefficient (Wildman–Crippen LogP) is 0.876. The summed E-state index contributed by atoms with van der Waals surface area (Å²) in [5.74, 6) is 0.640. The summed E-state index contributed by atoms with van der Waals surface area (Å²) in [5.41, 5.74) is 0.0160. The van der Waals surface area contributed by atoms with Crippen molar-refractivity contribution in [2.45, 2.75) is 25.7 Å². The average molecular weight is 152 g/mol. The summed E-state index contributed by atoms with van der Waals surface area (Å²) in [5, 5.41) is 3.31. The Bertz CT molecular complexity index is 157. The molecule has 1 saturated carbocycles. The Kier molecular flexibility index (Phi) is 1.72. The number of carbonyl (C=O) groups excluding carboxylic acids is 1. The second-order valence-corrected chi connectivity index (χ2v) is 3.78. The standard InChI is InChI=1S/C9H14NO/c11-7-9(3-4-9)8-1-5-10-6-2-8/h8,10H,1-6H2. The molecule has 2 aliphatic rings. The Morgan fingerprint density at radius 3 is 2.36 bits per heavy atom. The van der Waals surface area contributed by atoms with Crippen molar-refractivity contribution in [3.8, 4) is 0 Å². The molecule has 61 valence electrons. The number of rotatable bonds is 2. The maximum atomic E-state index is 10.6. The summed E-state index contributed by atoms with van der Waals surface area (Å²) in [6.07, 6.45) is 6.79. The molecule has 0 unspecified atom stereocenters. The molecule has 0 aromatic rings. The van der Waals surface area contributed by atoms with Gasteiger partial charge in [-0.05, 0) is 44.7 Å². The van der Waals surface area contributed by atoms with E-state index in [0.29, 0.717) is 5.92 Å². The molecule has 0 aromatic heterocycles. The maximum absolute atomic E-state index is 10.6. The zero-order valence-electron chi connectivity index (χ0n) is 6.73. The molecule has 1 aliphatic carbocycles. The zero-order valence-corrected chi connectivity index (χ0v) is 6.73. The minimum Gasteiger partial charge on any atom is -0.317 e. The van der Waals surface area contributed by atoms with Crippen molar-refractivity contribution in [1.82, 2.24) is 5.32 Å². The van der Waals surface area contributed by atoms with Gasteiger partial charge in [0.1, 0.15) is 0 Å². The second-order valence-electron chi connectivity index (χ2n) is 3.78. The Labute approximate surface area is 67.4 Å². The Balaban J connectivity index is 1.97. The van der Waals surface area contributed by atoms with E-state index >= 15 is 0 Å². The van der Waals surface area contributed by atoms with Crippen molar-refractivity contribution < 1.29 is 4.79 Å². The molecule has 1 aliphatic heterocycles. The number of nitrogens with one attached hydrogen (secondary N) is 1. The lowest BCUT2D eigenvalue weighted by Crippen LogP contribution is -2.32. The van der Waals surface area contributed by atoms with Gasteiger partial charge in [0.15, 0.2) is 0 Å². The summed E-state index contributed by atoms with van der Waals surface area (Å²) in [6, 6.07) is 0. The van der Waals surface area contributed by atoms with Crippen LogP contribution >= 0.6 is 0 Å². The molecule has 0 bridgehead atoms. The molecule has 2 nitrogen and oxygen atoms in total. The van der Waals surface area contributed by atoms with Crippen LogP contribution in [0.3, 0.4) is 0 Å². The fraction of sp³-hybridized carbons (Fsp3) is 0.889. The molecule has 0 spiro atoms. The van der Waals surface area contributed by atoms with Gasteiger partial charge in [-0.2, -0.15) is 0 Å². The van der Waals surface area contributed by atoms with Crippen molar-refractivity contribution in [2.24, 2.45) is 11.3 Å². The van der Waals surface area contributed by atoms with E-state index in [1.54, 1.807) is 0 Å². The highest BCUT2D eigenvalue weighted by atomic mass is 16.1. The van der Waals surface area contributed by atoms with E-state index in [0.717, 1.165) is 25.9 Å². The summed E-state index contributed by atoms with van der Waals surface area (Å²) in [6.45, 7) is 2.18. The lowest BCUT2D eigenvalue weighted by atomic mass is 9.83. The summed E-state index contributed by atoms with van der Waals surface area (Å²) < 4.78 is 0. The van der Waals surface area contributed by atoms with Crippen LogP contribution in [0.5, 0.6) is 0 Å². The van der Waals surface area contributed by atoms with Crippen LogP contribution in [-0.4, -0.2) is 19.4 Å². The Hall–Kier alpha value is -0.370. The lowest BCUT2D eigenvalue weighted by Gasteiger charge is -2.26. The molecule has 0 amide bonds. The van der Waals surface area contributed by atoms with Crippen molar-refractivity contribution >= 4 is 6.29 Å². The van der Waals surface area contributed by atoms with Gasteiger partial charge in [-0.1, -0.05) is 0 Å². The van der Waals surface area contributed by atoms with Crippen LogP contribution in [-0.2, 0) is 4.79 Å². The summed E-state index contributed by atoms with van der Waals surface area (Å²) >= 11 is 0. The molecule has 0 aromatic carbocycles. The third kappa shape index (κ3) is 1.20. The SMILES string of the molecule is O=[C]C1(C2CCNCC2)CC1. The van der Waals surface area contributed by atoms with Gasteiger partial charge in [-0.3, -0.25) is 4.79 Å². The molecule has 1 saturated heterocycles. The van der Waals surface area contributed by atoms with E-state index in [1.807, 2.05) is 0 Å². The van der Waals surface area contributed by atoms with E-state index in [1.165, 1.54) is 12.8 Å². The topological polar surface area (TPSA) is 29.1 Å². The molecule has 2 heteroatoms. The van der Waals surface area contributed by atoms with Crippen LogP contribution in [0.25, 0.3) is 0 Å². The Morgan fingerprint density at radius 1 is 1.27 bits per heavy atom. The highest BCUT2D eigenvalue weighted by Gasteiger charge is 2.49. The average Bonchev–Trinajstić information content (AvgIpc) is 2.86. The van der Waals surface area contributed by atoms with Crippen molar-refractivity contribution in [2.75, 3.05) is 13.1 Å². The second kappa shape index (κ2) is 2.59.